The minimum atomic E-state index is -3.85. The van der Waals surface area contributed by atoms with Crippen LogP contribution in [0.15, 0.2) is 23.1 Å². The number of benzene rings is 1. The van der Waals surface area contributed by atoms with Crippen molar-refractivity contribution in [1.82, 2.24) is 4.72 Å². The van der Waals surface area contributed by atoms with Gasteiger partial charge in [0, 0.05) is 12.5 Å². The van der Waals surface area contributed by atoms with Crippen molar-refractivity contribution in [3.05, 3.63) is 24.0 Å². The summed E-state index contributed by atoms with van der Waals surface area (Å²) in [5.41, 5.74) is 0. The molecule has 0 amide bonds. The molecule has 0 aliphatic heterocycles. The van der Waals surface area contributed by atoms with Crippen LogP contribution in [0, 0.1) is 5.82 Å². The summed E-state index contributed by atoms with van der Waals surface area (Å²) in [6.45, 7) is 1.62. The maximum Gasteiger partial charge on any atom is 0.303 e. The first-order valence-electron chi connectivity index (χ1n) is 6.34. The lowest BCUT2D eigenvalue weighted by Gasteiger charge is -2.14. The second kappa shape index (κ2) is 7.37. The standard InChI is InChI=1S/C13H18FNO5S/c1-9(4-3-5-13(16)17)15-21(18,19)10-6-7-12(20-2)11(14)8-10/h6-9,15H,3-5H2,1-2H3,(H,16,17). The van der Waals surface area contributed by atoms with Gasteiger partial charge in [0.15, 0.2) is 11.6 Å². The molecule has 1 atom stereocenters. The fraction of sp³-hybridized carbons (Fsp3) is 0.462. The quantitative estimate of drug-likeness (QED) is 0.761. The Bertz CT molecular complexity index is 603. The third kappa shape index (κ3) is 5.31. The van der Waals surface area contributed by atoms with Crippen LogP contribution in [0.4, 0.5) is 4.39 Å². The number of halogens is 1. The predicted octanol–water partition coefficient (Wildman–Crippen LogP) is 1.76. The fourth-order valence-corrected chi connectivity index (χ4v) is 3.06. The largest absolute Gasteiger partial charge is 0.494 e. The van der Waals surface area contributed by atoms with Crippen molar-refractivity contribution in [2.45, 2.75) is 37.1 Å². The van der Waals surface area contributed by atoms with Crippen molar-refractivity contribution in [3.8, 4) is 5.75 Å². The lowest BCUT2D eigenvalue weighted by atomic mass is 10.1. The fourth-order valence-electron chi connectivity index (χ4n) is 1.77. The van der Waals surface area contributed by atoms with E-state index in [1.807, 2.05) is 0 Å². The molecular formula is C13H18FNO5S. The van der Waals surface area contributed by atoms with Crippen LogP contribution in [0.1, 0.15) is 26.2 Å². The Morgan fingerprint density at radius 3 is 2.67 bits per heavy atom. The van der Waals surface area contributed by atoms with Gasteiger partial charge in [-0.05, 0) is 38.0 Å². The summed E-state index contributed by atoms with van der Waals surface area (Å²) < 4.78 is 44.7. The molecule has 0 saturated carbocycles. The third-order valence-electron chi connectivity index (χ3n) is 2.82. The highest BCUT2D eigenvalue weighted by Crippen LogP contribution is 2.20. The molecule has 0 bridgehead atoms. The van der Waals surface area contributed by atoms with Gasteiger partial charge in [0.1, 0.15) is 0 Å². The number of carboxylic acids is 1. The summed E-state index contributed by atoms with van der Waals surface area (Å²) in [6, 6.07) is 2.91. The van der Waals surface area contributed by atoms with Crippen LogP contribution in [-0.4, -0.2) is 32.6 Å². The summed E-state index contributed by atoms with van der Waals surface area (Å²) >= 11 is 0. The SMILES string of the molecule is COc1ccc(S(=O)(=O)NC(C)CCCC(=O)O)cc1F. The normalized spacial score (nSPS) is 12.9. The molecule has 8 heteroatoms. The number of hydrogen-bond donors (Lipinski definition) is 2. The number of ether oxygens (including phenoxy) is 1. The Balaban J connectivity index is 2.72. The number of carboxylic acid groups (broad SMARTS) is 1. The molecule has 21 heavy (non-hydrogen) atoms. The van der Waals surface area contributed by atoms with Gasteiger partial charge in [0.2, 0.25) is 10.0 Å². The highest BCUT2D eigenvalue weighted by molar-refractivity contribution is 7.89. The first-order chi connectivity index (χ1) is 9.76. The van der Waals surface area contributed by atoms with E-state index in [0.29, 0.717) is 12.8 Å². The first-order valence-corrected chi connectivity index (χ1v) is 7.82. The lowest BCUT2D eigenvalue weighted by molar-refractivity contribution is -0.137. The van der Waals surface area contributed by atoms with Gasteiger partial charge in [-0.25, -0.2) is 17.5 Å². The number of methoxy groups -OCH3 is 1. The second-order valence-corrected chi connectivity index (χ2v) is 6.32. The number of nitrogens with one attached hydrogen (secondary N) is 1. The van der Waals surface area contributed by atoms with Crippen LogP contribution >= 0.6 is 0 Å². The van der Waals surface area contributed by atoms with Crippen LogP contribution in [0.3, 0.4) is 0 Å². The van der Waals surface area contributed by atoms with Crippen LogP contribution in [0.2, 0.25) is 0 Å². The molecule has 6 nitrogen and oxygen atoms in total. The molecule has 2 N–H and O–H groups in total. The molecule has 0 aliphatic carbocycles. The maximum absolute atomic E-state index is 13.5. The number of sulfonamides is 1. The van der Waals surface area contributed by atoms with Crippen LogP contribution < -0.4 is 9.46 Å². The number of carbonyl (C=O) groups is 1. The van der Waals surface area contributed by atoms with Gasteiger partial charge in [0.25, 0.3) is 0 Å². The molecule has 0 fully saturated rings. The number of rotatable bonds is 8. The zero-order valence-corrected chi connectivity index (χ0v) is 12.6. The van der Waals surface area contributed by atoms with E-state index in [0.717, 1.165) is 6.07 Å². The summed E-state index contributed by atoms with van der Waals surface area (Å²) in [7, 11) is -2.56. The van der Waals surface area contributed by atoms with E-state index in [1.165, 1.54) is 19.2 Å². The molecule has 0 radical (unpaired) electrons. The van der Waals surface area contributed by atoms with E-state index in [9.17, 15) is 17.6 Å². The number of aliphatic carboxylic acids is 1. The summed E-state index contributed by atoms with van der Waals surface area (Å²) in [5.74, 6) is -1.73. The Labute approximate surface area is 123 Å². The average molecular weight is 319 g/mol. The molecule has 0 saturated heterocycles. The van der Waals surface area contributed by atoms with Crippen molar-refractivity contribution in [2.75, 3.05) is 7.11 Å². The Morgan fingerprint density at radius 2 is 2.14 bits per heavy atom. The smallest absolute Gasteiger partial charge is 0.303 e. The molecule has 1 rings (SSSR count). The third-order valence-corrected chi connectivity index (χ3v) is 4.40. The molecule has 118 valence electrons. The van der Waals surface area contributed by atoms with Gasteiger partial charge in [-0.3, -0.25) is 4.79 Å². The zero-order valence-electron chi connectivity index (χ0n) is 11.8. The number of hydrogen-bond acceptors (Lipinski definition) is 4. The van der Waals surface area contributed by atoms with Crippen LogP contribution in [-0.2, 0) is 14.8 Å². The Hall–Kier alpha value is -1.67. The molecule has 0 spiro atoms. The molecule has 0 aromatic heterocycles. The summed E-state index contributed by atoms with van der Waals surface area (Å²) in [6.07, 6.45) is 0.712. The van der Waals surface area contributed by atoms with Gasteiger partial charge in [0.05, 0.1) is 12.0 Å². The predicted molar refractivity (Wildman–Crippen MR) is 74.2 cm³/mol. The molecule has 1 aromatic carbocycles. The van der Waals surface area contributed by atoms with Crippen molar-refractivity contribution < 1.29 is 27.4 Å². The average Bonchev–Trinajstić information content (AvgIpc) is 2.37. The van der Waals surface area contributed by atoms with Crippen molar-refractivity contribution in [1.29, 1.82) is 0 Å². The maximum atomic E-state index is 13.5. The topological polar surface area (TPSA) is 92.7 Å². The lowest BCUT2D eigenvalue weighted by Crippen LogP contribution is -2.32. The highest BCUT2D eigenvalue weighted by atomic mass is 32.2. The summed E-state index contributed by atoms with van der Waals surface area (Å²) in [5, 5.41) is 8.52. The van der Waals surface area contributed by atoms with E-state index >= 15 is 0 Å². The summed E-state index contributed by atoms with van der Waals surface area (Å²) in [4.78, 5) is 10.2. The molecule has 0 heterocycles. The van der Waals surface area contributed by atoms with E-state index in [-0.39, 0.29) is 17.1 Å². The van der Waals surface area contributed by atoms with Gasteiger partial charge in [-0.1, -0.05) is 0 Å². The molecule has 0 aliphatic rings. The monoisotopic (exact) mass is 319 g/mol. The van der Waals surface area contributed by atoms with Gasteiger partial charge in [-0.15, -0.1) is 0 Å². The molecular weight excluding hydrogens is 301 g/mol. The van der Waals surface area contributed by atoms with E-state index in [2.05, 4.69) is 4.72 Å². The van der Waals surface area contributed by atoms with Crippen LogP contribution in [0.5, 0.6) is 5.75 Å². The Morgan fingerprint density at radius 1 is 1.48 bits per heavy atom. The van der Waals surface area contributed by atoms with Crippen molar-refractivity contribution >= 4 is 16.0 Å². The molecule has 1 aromatic rings. The first kappa shape index (κ1) is 17.4. The van der Waals surface area contributed by atoms with Gasteiger partial charge < -0.3 is 9.84 Å². The van der Waals surface area contributed by atoms with E-state index in [1.54, 1.807) is 6.92 Å². The van der Waals surface area contributed by atoms with E-state index in [4.69, 9.17) is 9.84 Å². The molecule has 1 unspecified atom stereocenters. The van der Waals surface area contributed by atoms with Crippen molar-refractivity contribution in [2.24, 2.45) is 0 Å². The minimum absolute atomic E-state index is 0.0246. The van der Waals surface area contributed by atoms with Crippen molar-refractivity contribution in [3.63, 3.8) is 0 Å². The van der Waals surface area contributed by atoms with Crippen LogP contribution in [0.25, 0.3) is 0 Å². The van der Waals surface area contributed by atoms with Gasteiger partial charge in [-0.2, -0.15) is 0 Å². The minimum Gasteiger partial charge on any atom is -0.494 e. The Kier molecular flexibility index (Phi) is 6.10. The second-order valence-electron chi connectivity index (χ2n) is 4.60. The zero-order chi connectivity index (χ0) is 16.0. The van der Waals surface area contributed by atoms with Gasteiger partial charge >= 0.3 is 5.97 Å². The highest BCUT2D eigenvalue weighted by Gasteiger charge is 2.19. The van der Waals surface area contributed by atoms with E-state index < -0.39 is 27.9 Å².